The summed E-state index contributed by atoms with van der Waals surface area (Å²) in [4.78, 5) is 8.88. The van der Waals surface area contributed by atoms with Crippen LogP contribution in [0, 0.1) is 0 Å². The standard InChI is InChI=1S/C9H16O2S.CH3NO2/c10-6-8-7-12-9(11-8)4-2-1-3-5-9;2-1(3)4/h8,10H,1-7H2;2H2,(H,3,4). The van der Waals surface area contributed by atoms with Gasteiger partial charge in [0.1, 0.15) is 4.93 Å². The first-order chi connectivity index (χ1) is 7.58. The molecule has 0 bridgehead atoms. The fraction of sp³-hybridized carbons (Fsp3) is 0.900. The first-order valence-electron chi connectivity index (χ1n) is 5.49. The van der Waals surface area contributed by atoms with E-state index >= 15 is 0 Å². The maximum absolute atomic E-state index is 8.94. The van der Waals surface area contributed by atoms with Gasteiger partial charge in [-0.2, -0.15) is 0 Å². The van der Waals surface area contributed by atoms with Crippen LogP contribution in [0.3, 0.4) is 0 Å². The second-order valence-electron chi connectivity index (χ2n) is 4.04. The van der Waals surface area contributed by atoms with Crippen LogP contribution in [0.25, 0.3) is 0 Å². The van der Waals surface area contributed by atoms with E-state index in [-0.39, 0.29) is 17.6 Å². The molecule has 1 atom stereocenters. The van der Waals surface area contributed by atoms with Gasteiger partial charge in [0.05, 0.1) is 12.7 Å². The molecule has 1 saturated heterocycles. The summed E-state index contributed by atoms with van der Waals surface area (Å²) in [5.41, 5.74) is 4.03. The Morgan fingerprint density at radius 1 is 1.44 bits per heavy atom. The highest BCUT2D eigenvalue weighted by Crippen LogP contribution is 2.46. The lowest BCUT2D eigenvalue weighted by atomic mass is 9.97. The zero-order valence-corrected chi connectivity index (χ0v) is 10.0. The van der Waals surface area contributed by atoms with E-state index in [1.807, 2.05) is 11.8 Å². The summed E-state index contributed by atoms with van der Waals surface area (Å²) < 4.78 is 5.85. The molecule has 1 aliphatic carbocycles. The molecule has 0 aromatic rings. The van der Waals surface area contributed by atoms with E-state index in [1.165, 1.54) is 32.1 Å². The molecular weight excluding hydrogens is 230 g/mol. The summed E-state index contributed by atoms with van der Waals surface area (Å²) in [5.74, 6) is 0.983. The predicted octanol–water partition coefficient (Wildman–Crippen LogP) is 1.39. The Morgan fingerprint density at radius 2 is 2.00 bits per heavy atom. The number of ether oxygens (including phenoxy) is 1. The maximum atomic E-state index is 8.94. The molecule has 1 unspecified atom stereocenters. The van der Waals surface area contributed by atoms with Crippen LogP contribution < -0.4 is 5.73 Å². The third kappa shape index (κ3) is 4.19. The van der Waals surface area contributed by atoms with Gasteiger partial charge >= 0.3 is 6.09 Å². The van der Waals surface area contributed by atoms with Crippen molar-refractivity contribution in [3.05, 3.63) is 0 Å². The van der Waals surface area contributed by atoms with E-state index < -0.39 is 6.09 Å². The quantitative estimate of drug-likeness (QED) is 0.653. The molecule has 2 aliphatic rings. The number of rotatable bonds is 1. The smallest absolute Gasteiger partial charge is 0.402 e. The molecule has 6 heteroatoms. The molecule has 5 nitrogen and oxygen atoms in total. The Kier molecular flexibility index (Phi) is 5.37. The Labute approximate surface area is 99.3 Å². The van der Waals surface area contributed by atoms with Crippen molar-refractivity contribution in [1.82, 2.24) is 0 Å². The van der Waals surface area contributed by atoms with Crippen molar-refractivity contribution in [2.24, 2.45) is 5.73 Å². The van der Waals surface area contributed by atoms with Gasteiger partial charge in [0, 0.05) is 5.75 Å². The van der Waals surface area contributed by atoms with Crippen LogP contribution in [0.5, 0.6) is 0 Å². The van der Waals surface area contributed by atoms with E-state index in [1.54, 1.807) is 0 Å². The highest BCUT2D eigenvalue weighted by molar-refractivity contribution is 8.00. The number of amides is 1. The molecule has 1 heterocycles. The van der Waals surface area contributed by atoms with E-state index in [0.29, 0.717) is 0 Å². The lowest BCUT2D eigenvalue weighted by molar-refractivity contribution is -0.0480. The molecule has 0 aromatic heterocycles. The Bertz CT molecular complexity index is 227. The fourth-order valence-electron chi connectivity index (χ4n) is 2.06. The molecule has 0 aromatic carbocycles. The molecule has 2 rings (SSSR count). The molecule has 94 valence electrons. The van der Waals surface area contributed by atoms with Crippen LogP contribution in [-0.4, -0.2) is 39.7 Å². The number of nitrogens with two attached hydrogens (primary N) is 1. The van der Waals surface area contributed by atoms with Gasteiger partial charge in [-0.3, -0.25) is 0 Å². The minimum atomic E-state index is -1.33. The van der Waals surface area contributed by atoms with E-state index in [4.69, 9.17) is 19.7 Å². The number of aliphatic hydroxyl groups is 1. The number of carbonyl (C=O) groups is 1. The Hall–Kier alpha value is -0.460. The number of thioether (sulfide) groups is 1. The first-order valence-corrected chi connectivity index (χ1v) is 6.47. The van der Waals surface area contributed by atoms with Crippen LogP contribution in [-0.2, 0) is 4.74 Å². The van der Waals surface area contributed by atoms with Gasteiger partial charge in [0.25, 0.3) is 0 Å². The van der Waals surface area contributed by atoms with E-state index in [0.717, 1.165) is 5.75 Å². The number of hydrogen-bond donors (Lipinski definition) is 3. The summed E-state index contributed by atoms with van der Waals surface area (Å²) in [6.45, 7) is 0.189. The molecule has 1 spiro atoms. The van der Waals surface area contributed by atoms with Crippen molar-refractivity contribution in [2.75, 3.05) is 12.4 Å². The molecule has 2 fully saturated rings. The van der Waals surface area contributed by atoms with Crippen molar-refractivity contribution >= 4 is 17.9 Å². The SMILES string of the molecule is NC(=O)O.OCC1CSC2(CCCCC2)O1. The lowest BCUT2D eigenvalue weighted by Crippen LogP contribution is -2.30. The van der Waals surface area contributed by atoms with Crippen molar-refractivity contribution in [2.45, 2.75) is 43.1 Å². The van der Waals surface area contributed by atoms with Crippen LogP contribution >= 0.6 is 11.8 Å². The third-order valence-electron chi connectivity index (χ3n) is 2.73. The molecule has 1 aliphatic heterocycles. The Balaban J connectivity index is 0.000000280. The van der Waals surface area contributed by atoms with Gasteiger partial charge in [-0.15, -0.1) is 11.8 Å². The first kappa shape index (κ1) is 13.6. The molecule has 16 heavy (non-hydrogen) atoms. The topological polar surface area (TPSA) is 92.8 Å². The van der Waals surface area contributed by atoms with Crippen LogP contribution in [0.1, 0.15) is 32.1 Å². The number of hydrogen-bond acceptors (Lipinski definition) is 4. The van der Waals surface area contributed by atoms with Gasteiger partial charge in [-0.1, -0.05) is 6.42 Å². The Morgan fingerprint density at radius 3 is 2.44 bits per heavy atom. The second-order valence-corrected chi connectivity index (χ2v) is 5.41. The number of carboxylic acid groups (broad SMARTS) is 1. The molecule has 4 N–H and O–H groups in total. The van der Waals surface area contributed by atoms with Gasteiger partial charge < -0.3 is 20.7 Å². The van der Waals surface area contributed by atoms with Crippen molar-refractivity contribution in [3.8, 4) is 0 Å². The zero-order valence-electron chi connectivity index (χ0n) is 9.22. The van der Waals surface area contributed by atoms with Crippen LogP contribution in [0.2, 0.25) is 0 Å². The van der Waals surface area contributed by atoms with Gasteiger partial charge in [-0.25, -0.2) is 4.79 Å². The minimum Gasteiger partial charge on any atom is -0.465 e. The third-order valence-corrected chi connectivity index (χ3v) is 4.30. The van der Waals surface area contributed by atoms with Crippen molar-refractivity contribution in [3.63, 3.8) is 0 Å². The van der Waals surface area contributed by atoms with Crippen molar-refractivity contribution in [1.29, 1.82) is 0 Å². The van der Waals surface area contributed by atoms with Gasteiger partial charge in [0.2, 0.25) is 0 Å². The van der Waals surface area contributed by atoms with E-state index in [2.05, 4.69) is 5.73 Å². The molecule has 1 amide bonds. The van der Waals surface area contributed by atoms with Gasteiger partial charge in [0.15, 0.2) is 0 Å². The predicted molar refractivity (Wildman–Crippen MR) is 62.4 cm³/mol. The summed E-state index contributed by atoms with van der Waals surface area (Å²) in [7, 11) is 0. The molecular formula is C10H19NO4S. The van der Waals surface area contributed by atoms with Gasteiger partial charge in [-0.05, 0) is 25.7 Å². The zero-order chi connectivity index (χ0) is 12.0. The highest BCUT2D eigenvalue weighted by atomic mass is 32.2. The van der Waals surface area contributed by atoms with E-state index in [9.17, 15) is 0 Å². The van der Waals surface area contributed by atoms with Crippen LogP contribution in [0.15, 0.2) is 0 Å². The normalized spacial score (nSPS) is 27.2. The fourth-order valence-corrected chi connectivity index (χ4v) is 3.50. The van der Waals surface area contributed by atoms with Crippen LogP contribution in [0.4, 0.5) is 4.79 Å². The maximum Gasteiger partial charge on any atom is 0.402 e. The number of aliphatic hydroxyl groups excluding tert-OH is 1. The highest BCUT2D eigenvalue weighted by Gasteiger charge is 2.41. The lowest BCUT2D eigenvalue weighted by Gasteiger charge is -2.32. The molecule has 1 saturated carbocycles. The number of primary amides is 1. The van der Waals surface area contributed by atoms with Crippen molar-refractivity contribution < 1.29 is 19.7 Å². The molecule has 0 radical (unpaired) electrons. The monoisotopic (exact) mass is 249 g/mol. The summed E-state index contributed by atoms with van der Waals surface area (Å²) in [6.07, 6.45) is 5.10. The summed E-state index contributed by atoms with van der Waals surface area (Å²) in [5, 5.41) is 16.1. The average Bonchev–Trinajstić information content (AvgIpc) is 2.62. The largest absolute Gasteiger partial charge is 0.465 e. The summed E-state index contributed by atoms with van der Waals surface area (Å²) in [6, 6.07) is 0. The second kappa shape index (κ2) is 6.32. The minimum absolute atomic E-state index is 0.103. The summed E-state index contributed by atoms with van der Waals surface area (Å²) >= 11 is 1.92. The average molecular weight is 249 g/mol.